The normalized spacial score (nSPS) is 16.9. The van der Waals surface area contributed by atoms with Crippen molar-refractivity contribution in [2.24, 2.45) is 5.92 Å². The van der Waals surface area contributed by atoms with Gasteiger partial charge in [0.2, 0.25) is 11.8 Å². The van der Waals surface area contributed by atoms with E-state index >= 15 is 0 Å². The summed E-state index contributed by atoms with van der Waals surface area (Å²) < 4.78 is 15.4. The van der Waals surface area contributed by atoms with Gasteiger partial charge in [-0.05, 0) is 48.9 Å². The van der Waals surface area contributed by atoms with E-state index < -0.39 is 23.7 Å². The average molecular weight is 564 g/mol. The maximum Gasteiger partial charge on any atom is 0.319 e. The van der Waals surface area contributed by atoms with Gasteiger partial charge in [-0.25, -0.2) is 0 Å². The van der Waals surface area contributed by atoms with Gasteiger partial charge in [-0.1, -0.05) is 35.0 Å². The van der Waals surface area contributed by atoms with E-state index in [1.165, 1.54) is 19.2 Å². The van der Waals surface area contributed by atoms with Crippen molar-refractivity contribution in [3.63, 3.8) is 0 Å². The first-order chi connectivity index (χ1) is 17.7. The molecule has 194 valence electrons. The number of halogens is 2. The molecule has 2 aromatic carbocycles. The van der Waals surface area contributed by atoms with Gasteiger partial charge in [-0.15, -0.1) is 0 Å². The summed E-state index contributed by atoms with van der Waals surface area (Å²) in [6, 6.07) is 11.8. The highest BCUT2D eigenvalue weighted by molar-refractivity contribution is 8.03. The molecule has 0 bridgehead atoms. The first-order valence-corrected chi connectivity index (χ1v) is 12.7. The topological polar surface area (TPSA) is 127 Å². The van der Waals surface area contributed by atoms with Crippen LogP contribution in [-0.4, -0.2) is 44.4 Å². The molecule has 9 nitrogen and oxygen atoms in total. The molecule has 12 heteroatoms. The van der Waals surface area contributed by atoms with E-state index in [-0.39, 0.29) is 38.1 Å². The number of anilines is 1. The van der Waals surface area contributed by atoms with Gasteiger partial charge in [0.1, 0.15) is 11.7 Å². The van der Waals surface area contributed by atoms with Crippen LogP contribution < -0.4 is 20.1 Å². The minimum atomic E-state index is -1.37. The Balaban J connectivity index is 1.93. The number of ether oxygens (including phenoxy) is 3. The second-order valence-electron chi connectivity index (χ2n) is 7.63. The molecule has 3 rings (SSSR count). The van der Waals surface area contributed by atoms with E-state index in [0.717, 1.165) is 18.9 Å². The zero-order valence-corrected chi connectivity index (χ0v) is 22.4. The molecule has 0 aromatic heterocycles. The van der Waals surface area contributed by atoms with Gasteiger partial charge in [0.05, 0.1) is 53.3 Å². The van der Waals surface area contributed by atoms with Crippen LogP contribution in [0.25, 0.3) is 0 Å². The van der Waals surface area contributed by atoms with E-state index in [1.54, 1.807) is 31.2 Å². The monoisotopic (exact) mass is 563 g/mol. The number of nitrogens with one attached hydrogen (secondary N) is 2. The summed E-state index contributed by atoms with van der Waals surface area (Å²) in [5, 5.41) is 15.8. The van der Waals surface area contributed by atoms with Crippen molar-refractivity contribution >= 4 is 58.4 Å². The van der Waals surface area contributed by atoms with Crippen LogP contribution in [-0.2, 0) is 19.1 Å². The van der Waals surface area contributed by atoms with Crippen molar-refractivity contribution in [2.75, 3.05) is 31.9 Å². The number of carbonyl (C=O) groups excluding carboxylic acids is 3. The number of thioether (sulfide) groups is 1. The molecule has 0 aliphatic carbocycles. The Morgan fingerprint density at radius 3 is 2.35 bits per heavy atom. The number of methoxy groups -OCH3 is 2. The first-order valence-electron chi connectivity index (χ1n) is 10.9. The lowest BCUT2D eigenvalue weighted by atomic mass is 9.78. The SMILES string of the molecule is CCOc1c(Cl)cc([C@H]2C(C#N)=C(SCC(=O)Nc3ccc(OC)cc3)NC(=O)[C@H]2C(=O)OC)cc1Cl. The van der Waals surface area contributed by atoms with Gasteiger partial charge in [-0.2, -0.15) is 5.26 Å². The van der Waals surface area contributed by atoms with Gasteiger partial charge in [0.25, 0.3) is 0 Å². The number of nitrogens with zero attached hydrogens (tertiary/aromatic N) is 1. The molecule has 0 radical (unpaired) electrons. The van der Waals surface area contributed by atoms with Gasteiger partial charge in [0, 0.05) is 11.6 Å². The second-order valence-corrected chi connectivity index (χ2v) is 9.43. The Labute approximate surface area is 228 Å². The fourth-order valence-electron chi connectivity index (χ4n) is 3.73. The molecular weight excluding hydrogens is 541 g/mol. The number of allylic oxidation sites excluding steroid dienone is 1. The highest BCUT2D eigenvalue weighted by Crippen LogP contribution is 2.44. The molecule has 2 amide bonds. The van der Waals surface area contributed by atoms with E-state index in [2.05, 4.69) is 16.7 Å². The molecule has 0 spiro atoms. The number of rotatable bonds is 9. The summed E-state index contributed by atoms with van der Waals surface area (Å²) in [6.07, 6.45) is 0. The lowest BCUT2D eigenvalue weighted by molar-refractivity contribution is -0.150. The number of hydrogen-bond acceptors (Lipinski definition) is 8. The zero-order chi connectivity index (χ0) is 27.1. The molecule has 1 heterocycles. The molecule has 2 aromatic rings. The summed E-state index contributed by atoms with van der Waals surface area (Å²) in [5.74, 6) is -3.54. The van der Waals surface area contributed by atoms with E-state index in [0.29, 0.717) is 23.6 Å². The Morgan fingerprint density at radius 2 is 1.81 bits per heavy atom. The second kappa shape index (κ2) is 12.7. The van der Waals surface area contributed by atoms with Gasteiger partial charge in [0.15, 0.2) is 5.75 Å². The Morgan fingerprint density at radius 1 is 1.16 bits per heavy atom. The van der Waals surface area contributed by atoms with Crippen molar-refractivity contribution in [1.82, 2.24) is 5.32 Å². The molecular formula is C25H23Cl2N3O6S. The molecule has 0 unspecified atom stereocenters. The standard InChI is InChI=1S/C25H23Cl2N3O6S/c1-4-36-22-17(26)9-13(10-18(22)27)20-16(11-28)24(30-23(32)21(20)25(33)35-3)37-12-19(31)29-14-5-7-15(34-2)8-6-14/h5-10,20-21H,4,12H2,1-3H3,(H,29,31)(H,30,32)/t20-,21-/m0/s1. The van der Waals surface area contributed by atoms with Crippen molar-refractivity contribution in [3.8, 4) is 17.6 Å². The van der Waals surface area contributed by atoms with Crippen molar-refractivity contribution < 1.29 is 28.6 Å². The largest absolute Gasteiger partial charge is 0.497 e. The van der Waals surface area contributed by atoms with Crippen molar-refractivity contribution in [1.29, 1.82) is 5.26 Å². The predicted octanol–water partition coefficient (Wildman–Crippen LogP) is 4.51. The lowest BCUT2D eigenvalue weighted by Gasteiger charge is -2.31. The predicted molar refractivity (Wildman–Crippen MR) is 141 cm³/mol. The van der Waals surface area contributed by atoms with Crippen LogP contribution in [0.2, 0.25) is 10.0 Å². The van der Waals surface area contributed by atoms with Gasteiger partial charge < -0.3 is 24.8 Å². The van der Waals surface area contributed by atoms with Crippen LogP contribution in [0.1, 0.15) is 18.4 Å². The minimum absolute atomic E-state index is 0.0635. The summed E-state index contributed by atoms with van der Waals surface area (Å²) in [5.41, 5.74) is 0.963. The molecule has 0 saturated carbocycles. The number of amides is 2. The van der Waals surface area contributed by atoms with Crippen LogP contribution >= 0.6 is 35.0 Å². The molecule has 1 aliphatic heterocycles. The fourth-order valence-corrected chi connectivity index (χ4v) is 5.19. The Kier molecular flexibility index (Phi) is 9.69. The number of hydrogen-bond donors (Lipinski definition) is 2. The van der Waals surface area contributed by atoms with Gasteiger partial charge >= 0.3 is 5.97 Å². The minimum Gasteiger partial charge on any atom is -0.497 e. The third kappa shape index (κ3) is 6.49. The van der Waals surface area contributed by atoms with E-state index in [4.69, 9.17) is 37.4 Å². The lowest BCUT2D eigenvalue weighted by Crippen LogP contribution is -2.44. The van der Waals surface area contributed by atoms with Crippen molar-refractivity contribution in [2.45, 2.75) is 12.8 Å². The highest BCUT2D eigenvalue weighted by Gasteiger charge is 2.44. The van der Waals surface area contributed by atoms with Crippen LogP contribution in [0.15, 0.2) is 47.0 Å². The average Bonchev–Trinajstić information content (AvgIpc) is 2.89. The fraction of sp³-hybridized carbons (Fsp3) is 0.280. The first kappa shape index (κ1) is 28.2. The highest BCUT2D eigenvalue weighted by atomic mass is 35.5. The zero-order valence-electron chi connectivity index (χ0n) is 20.1. The third-order valence-electron chi connectivity index (χ3n) is 5.37. The third-order valence-corrected chi connectivity index (χ3v) is 6.95. The number of carbonyl (C=O) groups is 3. The quantitative estimate of drug-likeness (QED) is 0.337. The van der Waals surface area contributed by atoms with E-state index in [1.807, 2.05) is 0 Å². The number of nitriles is 1. The smallest absolute Gasteiger partial charge is 0.319 e. The molecule has 2 atom stereocenters. The van der Waals surface area contributed by atoms with Crippen LogP contribution in [0, 0.1) is 17.2 Å². The maximum absolute atomic E-state index is 13.0. The van der Waals surface area contributed by atoms with Crippen LogP contribution in [0.5, 0.6) is 11.5 Å². The van der Waals surface area contributed by atoms with Crippen LogP contribution in [0.3, 0.4) is 0 Å². The summed E-state index contributed by atoms with van der Waals surface area (Å²) >= 11 is 13.7. The molecule has 1 aliphatic rings. The summed E-state index contributed by atoms with van der Waals surface area (Å²) in [4.78, 5) is 38.2. The Hall–Kier alpha value is -3.39. The van der Waals surface area contributed by atoms with Crippen molar-refractivity contribution in [3.05, 3.63) is 62.6 Å². The maximum atomic E-state index is 13.0. The summed E-state index contributed by atoms with van der Waals surface area (Å²) in [7, 11) is 2.69. The van der Waals surface area contributed by atoms with E-state index in [9.17, 15) is 19.6 Å². The van der Waals surface area contributed by atoms with Crippen LogP contribution in [0.4, 0.5) is 5.69 Å². The molecule has 0 fully saturated rings. The Bertz CT molecular complexity index is 1250. The molecule has 0 saturated heterocycles. The summed E-state index contributed by atoms with van der Waals surface area (Å²) in [6.45, 7) is 2.09. The molecule has 2 N–H and O–H groups in total. The van der Waals surface area contributed by atoms with Gasteiger partial charge in [-0.3, -0.25) is 14.4 Å². The number of esters is 1. The number of benzene rings is 2. The molecule has 37 heavy (non-hydrogen) atoms.